The van der Waals surface area contributed by atoms with Gasteiger partial charge < -0.3 is 14.6 Å². The Balaban J connectivity index is 1.64. The van der Waals surface area contributed by atoms with Crippen molar-refractivity contribution in [2.45, 2.75) is 45.5 Å². The number of ether oxygens (including phenoxy) is 1. The molecule has 1 atom stereocenters. The summed E-state index contributed by atoms with van der Waals surface area (Å²) >= 11 is 7.22. The number of hydrogen-bond acceptors (Lipinski definition) is 5. The molecule has 0 aliphatic carbocycles. The number of aromatic nitrogens is 3. The van der Waals surface area contributed by atoms with Crippen molar-refractivity contribution >= 4 is 35.0 Å². The average Bonchev–Trinajstić information content (AvgIpc) is 3.10. The molecule has 0 saturated heterocycles. The van der Waals surface area contributed by atoms with Gasteiger partial charge in [-0.1, -0.05) is 29.4 Å². The van der Waals surface area contributed by atoms with Gasteiger partial charge in [-0.15, -0.1) is 10.2 Å². The molecule has 6 nitrogen and oxygen atoms in total. The van der Waals surface area contributed by atoms with E-state index in [1.54, 1.807) is 24.3 Å². The number of amides is 1. The number of carbonyl (C=O) groups is 1. The van der Waals surface area contributed by atoms with E-state index in [1.165, 1.54) is 11.8 Å². The summed E-state index contributed by atoms with van der Waals surface area (Å²) in [5.41, 5.74) is 3.01. The topological polar surface area (TPSA) is 69.0 Å². The lowest BCUT2D eigenvalue weighted by atomic mass is 10.1. The number of halogens is 1. The van der Waals surface area contributed by atoms with Crippen LogP contribution in [0.3, 0.4) is 0 Å². The van der Waals surface area contributed by atoms with Crippen molar-refractivity contribution in [3.05, 3.63) is 64.4 Å². The maximum absolute atomic E-state index is 12.3. The van der Waals surface area contributed by atoms with E-state index in [2.05, 4.69) is 21.6 Å². The molecule has 0 aliphatic heterocycles. The van der Waals surface area contributed by atoms with E-state index in [1.807, 2.05) is 44.4 Å². The first-order valence-corrected chi connectivity index (χ1v) is 11.1. The lowest BCUT2D eigenvalue weighted by Crippen LogP contribution is -2.15. The molecule has 30 heavy (non-hydrogen) atoms. The predicted molar refractivity (Wildman–Crippen MR) is 121 cm³/mol. The lowest BCUT2D eigenvalue weighted by molar-refractivity contribution is -0.113. The minimum absolute atomic E-state index is 0.117. The number of hydrogen-bond donors (Lipinski definition) is 1. The molecule has 1 unspecified atom stereocenters. The Labute approximate surface area is 186 Å². The van der Waals surface area contributed by atoms with Gasteiger partial charge in [-0.05, 0) is 75.2 Å². The maximum atomic E-state index is 12.3. The van der Waals surface area contributed by atoms with Crippen LogP contribution in [-0.4, -0.2) is 26.4 Å². The van der Waals surface area contributed by atoms with E-state index in [0.29, 0.717) is 22.4 Å². The van der Waals surface area contributed by atoms with E-state index < -0.39 is 0 Å². The fraction of sp³-hybridized carbons (Fsp3) is 0.318. The van der Waals surface area contributed by atoms with E-state index in [4.69, 9.17) is 16.3 Å². The maximum Gasteiger partial charge on any atom is 0.234 e. The number of aryl methyl sites for hydroxylation is 2. The highest BCUT2D eigenvalue weighted by Gasteiger charge is 2.19. The SMILES string of the molecule is CCn1c(SCC(=O)Nc2ccc(Cl)cc2)nnc1C(C)Oc1cc(C)cc(C)c1. The van der Waals surface area contributed by atoms with Crippen LogP contribution in [-0.2, 0) is 11.3 Å². The number of benzene rings is 2. The van der Waals surface area contributed by atoms with Crippen molar-refractivity contribution in [3.63, 3.8) is 0 Å². The van der Waals surface area contributed by atoms with Crippen LogP contribution in [0.15, 0.2) is 47.6 Å². The average molecular weight is 445 g/mol. The van der Waals surface area contributed by atoms with Gasteiger partial charge >= 0.3 is 0 Å². The largest absolute Gasteiger partial charge is 0.483 e. The summed E-state index contributed by atoms with van der Waals surface area (Å²) in [6.07, 6.45) is -0.268. The first-order valence-electron chi connectivity index (χ1n) is 9.72. The van der Waals surface area contributed by atoms with Gasteiger partial charge in [0.15, 0.2) is 17.1 Å². The summed E-state index contributed by atoms with van der Waals surface area (Å²) in [6.45, 7) is 8.75. The molecule has 158 valence electrons. The van der Waals surface area contributed by atoms with Gasteiger partial charge in [0.2, 0.25) is 5.91 Å². The molecule has 8 heteroatoms. The first kappa shape index (κ1) is 22.2. The molecular weight excluding hydrogens is 420 g/mol. The summed E-state index contributed by atoms with van der Waals surface area (Å²) < 4.78 is 8.09. The van der Waals surface area contributed by atoms with Gasteiger partial charge in [0, 0.05) is 17.3 Å². The summed E-state index contributed by atoms with van der Waals surface area (Å²) in [5.74, 6) is 1.65. The van der Waals surface area contributed by atoms with Crippen LogP contribution in [0.1, 0.15) is 36.9 Å². The fourth-order valence-electron chi connectivity index (χ4n) is 3.12. The molecule has 2 aromatic carbocycles. The van der Waals surface area contributed by atoms with Gasteiger partial charge in [-0.2, -0.15) is 0 Å². The molecule has 0 aliphatic rings. The standard InChI is InChI=1S/C22H25ClN4O2S/c1-5-27-21(16(4)29-19-11-14(2)10-15(3)12-19)25-26-22(27)30-13-20(28)24-18-8-6-17(23)7-9-18/h6-12,16H,5,13H2,1-4H3,(H,24,28). The zero-order chi connectivity index (χ0) is 21.7. The number of nitrogens with one attached hydrogen (secondary N) is 1. The van der Waals surface area contributed by atoms with Crippen molar-refractivity contribution in [3.8, 4) is 5.75 Å². The van der Waals surface area contributed by atoms with Crippen LogP contribution >= 0.6 is 23.4 Å². The normalized spacial score (nSPS) is 11.9. The first-order chi connectivity index (χ1) is 14.4. The second-order valence-corrected chi connectivity index (χ2v) is 8.39. The highest BCUT2D eigenvalue weighted by Crippen LogP contribution is 2.26. The van der Waals surface area contributed by atoms with E-state index >= 15 is 0 Å². The van der Waals surface area contributed by atoms with Crippen molar-refractivity contribution < 1.29 is 9.53 Å². The molecule has 0 saturated carbocycles. The van der Waals surface area contributed by atoms with Crippen LogP contribution in [0.4, 0.5) is 5.69 Å². The fourth-order valence-corrected chi connectivity index (χ4v) is 4.06. The molecular formula is C22H25ClN4O2S. The van der Waals surface area contributed by atoms with Gasteiger partial charge in [0.25, 0.3) is 0 Å². The highest BCUT2D eigenvalue weighted by molar-refractivity contribution is 7.99. The Morgan fingerprint density at radius 3 is 2.47 bits per heavy atom. The number of carbonyl (C=O) groups excluding carboxylic acids is 1. The molecule has 1 aromatic heterocycles. The molecule has 0 spiro atoms. The van der Waals surface area contributed by atoms with E-state index in [0.717, 1.165) is 22.7 Å². The van der Waals surface area contributed by atoms with Gasteiger partial charge in [-0.3, -0.25) is 4.79 Å². The van der Waals surface area contributed by atoms with Gasteiger partial charge in [0.05, 0.1) is 5.75 Å². The number of nitrogens with zero attached hydrogens (tertiary/aromatic N) is 3. The van der Waals surface area contributed by atoms with Crippen molar-refractivity contribution in [2.24, 2.45) is 0 Å². The third-order valence-electron chi connectivity index (χ3n) is 4.39. The molecule has 0 radical (unpaired) electrons. The Hall–Kier alpha value is -2.51. The van der Waals surface area contributed by atoms with Crippen molar-refractivity contribution in [2.75, 3.05) is 11.1 Å². The van der Waals surface area contributed by atoms with Crippen LogP contribution in [0.25, 0.3) is 0 Å². The zero-order valence-corrected chi connectivity index (χ0v) is 19.0. The number of anilines is 1. The molecule has 3 rings (SSSR count). The second kappa shape index (κ2) is 10.00. The smallest absolute Gasteiger partial charge is 0.234 e. The Morgan fingerprint density at radius 1 is 1.17 bits per heavy atom. The third kappa shape index (κ3) is 5.77. The predicted octanol–water partition coefficient (Wildman–Crippen LogP) is 5.44. The highest BCUT2D eigenvalue weighted by atomic mass is 35.5. The minimum Gasteiger partial charge on any atom is -0.483 e. The Morgan fingerprint density at radius 2 is 1.83 bits per heavy atom. The molecule has 1 heterocycles. The molecule has 1 N–H and O–H groups in total. The van der Waals surface area contributed by atoms with Gasteiger partial charge in [-0.25, -0.2) is 0 Å². The Bertz CT molecular complexity index is 1000. The van der Waals surface area contributed by atoms with Gasteiger partial charge in [0.1, 0.15) is 5.75 Å². The van der Waals surface area contributed by atoms with Crippen LogP contribution in [0, 0.1) is 13.8 Å². The number of rotatable bonds is 8. The minimum atomic E-state index is -0.268. The number of thioether (sulfide) groups is 1. The lowest BCUT2D eigenvalue weighted by Gasteiger charge is -2.16. The summed E-state index contributed by atoms with van der Waals surface area (Å²) in [7, 11) is 0. The molecule has 1 amide bonds. The van der Waals surface area contributed by atoms with Crippen LogP contribution in [0.5, 0.6) is 5.75 Å². The second-order valence-electron chi connectivity index (χ2n) is 7.01. The molecule has 0 fully saturated rings. The quantitative estimate of drug-likeness (QED) is 0.468. The monoisotopic (exact) mass is 444 g/mol. The van der Waals surface area contributed by atoms with Crippen molar-refractivity contribution in [1.82, 2.24) is 14.8 Å². The summed E-state index contributed by atoms with van der Waals surface area (Å²) in [4.78, 5) is 12.3. The molecule has 3 aromatic rings. The Kier molecular flexibility index (Phi) is 7.39. The third-order valence-corrected chi connectivity index (χ3v) is 5.61. The summed E-state index contributed by atoms with van der Waals surface area (Å²) in [5, 5.41) is 12.8. The van der Waals surface area contributed by atoms with Crippen molar-refractivity contribution in [1.29, 1.82) is 0 Å². The van der Waals surface area contributed by atoms with E-state index in [-0.39, 0.29) is 17.8 Å². The van der Waals surface area contributed by atoms with Crippen LogP contribution in [0.2, 0.25) is 5.02 Å². The summed E-state index contributed by atoms with van der Waals surface area (Å²) in [6, 6.07) is 13.1. The molecule has 0 bridgehead atoms. The zero-order valence-electron chi connectivity index (χ0n) is 17.5. The van der Waals surface area contributed by atoms with E-state index in [9.17, 15) is 4.79 Å². The van der Waals surface area contributed by atoms with Crippen LogP contribution < -0.4 is 10.1 Å².